The van der Waals surface area contributed by atoms with Gasteiger partial charge < -0.3 is 9.84 Å². The van der Waals surface area contributed by atoms with E-state index in [4.69, 9.17) is 4.74 Å². The van der Waals surface area contributed by atoms with Crippen LogP contribution in [0.3, 0.4) is 0 Å². The van der Waals surface area contributed by atoms with Crippen LogP contribution >= 0.6 is 11.3 Å². The van der Waals surface area contributed by atoms with E-state index in [1.807, 2.05) is 24.3 Å². The first-order chi connectivity index (χ1) is 10.2. The molecular formula is C16H17NO3S. The van der Waals surface area contributed by atoms with Gasteiger partial charge in [-0.25, -0.2) is 9.78 Å². The highest BCUT2D eigenvalue weighted by molar-refractivity contribution is 7.13. The van der Waals surface area contributed by atoms with Crippen molar-refractivity contribution in [2.24, 2.45) is 0 Å². The summed E-state index contributed by atoms with van der Waals surface area (Å²) >= 11 is 1.29. The quantitative estimate of drug-likeness (QED) is 0.914. The highest BCUT2D eigenvalue weighted by atomic mass is 32.1. The van der Waals surface area contributed by atoms with Crippen LogP contribution in [-0.2, 0) is 6.42 Å². The number of hydrogen-bond acceptors (Lipinski definition) is 4. The number of thiazole rings is 1. The third-order valence-electron chi connectivity index (χ3n) is 3.92. The van der Waals surface area contributed by atoms with Crippen molar-refractivity contribution < 1.29 is 14.6 Å². The third-order valence-corrected chi connectivity index (χ3v) is 4.98. The fourth-order valence-electron chi connectivity index (χ4n) is 2.58. The Balaban J connectivity index is 1.90. The van der Waals surface area contributed by atoms with Crippen LogP contribution in [0.5, 0.6) is 5.75 Å². The molecule has 4 nitrogen and oxygen atoms in total. The molecule has 1 aromatic carbocycles. The summed E-state index contributed by atoms with van der Waals surface area (Å²) in [4.78, 5) is 16.4. The Hall–Kier alpha value is -1.88. The number of para-hydroxylation sites is 1. The van der Waals surface area contributed by atoms with Crippen molar-refractivity contribution in [2.45, 2.75) is 31.6 Å². The van der Waals surface area contributed by atoms with Gasteiger partial charge in [0.05, 0.1) is 17.8 Å². The number of hydrogen-bond donors (Lipinski definition) is 1. The van der Waals surface area contributed by atoms with Crippen LogP contribution in [0.2, 0.25) is 0 Å². The zero-order valence-corrected chi connectivity index (χ0v) is 12.7. The van der Waals surface area contributed by atoms with Crippen molar-refractivity contribution in [3.05, 3.63) is 45.4 Å². The Labute approximate surface area is 127 Å². The molecule has 1 aliphatic rings. The second kappa shape index (κ2) is 5.85. The fraction of sp³-hybridized carbons (Fsp3) is 0.375. The summed E-state index contributed by atoms with van der Waals surface area (Å²) in [5, 5.41) is 10.2. The molecule has 0 aliphatic heterocycles. The Morgan fingerprint density at radius 3 is 2.81 bits per heavy atom. The van der Waals surface area contributed by atoms with Crippen molar-refractivity contribution in [3.63, 3.8) is 0 Å². The average Bonchev–Trinajstić information content (AvgIpc) is 2.81. The van der Waals surface area contributed by atoms with Gasteiger partial charge in [0.15, 0.2) is 0 Å². The second-order valence-corrected chi connectivity index (χ2v) is 6.33. The number of methoxy groups -OCH3 is 1. The number of carboxylic acids is 1. The van der Waals surface area contributed by atoms with Gasteiger partial charge in [-0.1, -0.05) is 24.6 Å². The monoisotopic (exact) mass is 303 g/mol. The van der Waals surface area contributed by atoms with E-state index in [1.165, 1.54) is 17.8 Å². The van der Waals surface area contributed by atoms with Gasteiger partial charge in [-0.05, 0) is 18.9 Å². The fourth-order valence-corrected chi connectivity index (χ4v) is 3.59. The lowest BCUT2D eigenvalue weighted by Gasteiger charge is -2.23. The summed E-state index contributed by atoms with van der Waals surface area (Å²) in [6.45, 7) is 0. The van der Waals surface area contributed by atoms with E-state index in [-0.39, 0.29) is 0 Å². The standard InChI is InChI=1S/C16H17NO3S/c1-20-12-8-3-2-5-11(12)9-13-17-14(10-6-4-7-10)15(21-13)16(18)19/h2-3,5,8,10H,4,6-7,9H2,1H3,(H,18,19). The molecule has 0 radical (unpaired) electrons. The minimum Gasteiger partial charge on any atom is -0.496 e. The highest BCUT2D eigenvalue weighted by Crippen LogP contribution is 2.39. The SMILES string of the molecule is COc1ccccc1Cc1nc(C2CCC2)c(C(=O)O)s1. The van der Waals surface area contributed by atoms with Crippen LogP contribution in [-0.4, -0.2) is 23.2 Å². The zero-order chi connectivity index (χ0) is 14.8. The molecule has 2 aromatic rings. The van der Waals surface area contributed by atoms with Gasteiger partial charge in [-0.15, -0.1) is 11.3 Å². The molecule has 1 heterocycles. The van der Waals surface area contributed by atoms with E-state index in [0.29, 0.717) is 17.2 Å². The number of ether oxygens (including phenoxy) is 1. The molecule has 0 amide bonds. The number of aromatic carboxylic acids is 1. The van der Waals surface area contributed by atoms with Gasteiger partial charge in [0, 0.05) is 17.9 Å². The van der Waals surface area contributed by atoms with Crippen LogP contribution < -0.4 is 4.74 Å². The minimum atomic E-state index is -0.860. The van der Waals surface area contributed by atoms with Crippen LogP contribution in [0.1, 0.15) is 51.1 Å². The normalized spacial score (nSPS) is 14.7. The molecule has 1 aliphatic carbocycles. The molecule has 1 saturated carbocycles. The van der Waals surface area contributed by atoms with Gasteiger partial charge in [0.2, 0.25) is 0 Å². The van der Waals surface area contributed by atoms with Gasteiger partial charge in [0.25, 0.3) is 0 Å². The van der Waals surface area contributed by atoms with Crippen molar-refractivity contribution in [3.8, 4) is 5.75 Å². The number of carbonyl (C=O) groups is 1. The highest BCUT2D eigenvalue weighted by Gasteiger charge is 2.28. The minimum absolute atomic E-state index is 0.332. The first kappa shape index (κ1) is 14.1. The molecule has 0 spiro atoms. The van der Waals surface area contributed by atoms with Gasteiger partial charge >= 0.3 is 5.97 Å². The first-order valence-corrected chi connectivity index (χ1v) is 7.85. The van der Waals surface area contributed by atoms with Crippen LogP contribution in [0.4, 0.5) is 0 Å². The van der Waals surface area contributed by atoms with Crippen LogP contribution in [0.15, 0.2) is 24.3 Å². The number of benzene rings is 1. The van der Waals surface area contributed by atoms with Gasteiger partial charge in [0.1, 0.15) is 10.6 Å². The number of rotatable bonds is 5. The van der Waals surface area contributed by atoms with E-state index >= 15 is 0 Å². The molecule has 5 heteroatoms. The maximum absolute atomic E-state index is 11.4. The van der Waals surface area contributed by atoms with E-state index < -0.39 is 5.97 Å². The average molecular weight is 303 g/mol. The predicted molar refractivity (Wildman–Crippen MR) is 81.5 cm³/mol. The first-order valence-electron chi connectivity index (χ1n) is 7.04. The van der Waals surface area contributed by atoms with Crippen LogP contribution in [0, 0.1) is 0 Å². The lowest BCUT2D eigenvalue weighted by atomic mass is 9.82. The smallest absolute Gasteiger partial charge is 0.347 e. The lowest BCUT2D eigenvalue weighted by Crippen LogP contribution is -2.12. The molecule has 1 fully saturated rings. The second-order valence-electron chi connectivity index (χ2n) is 5.24. The van der Waals surface area contributed by atoms with E-state index in [1.54, 1.807) is 7.11 Å². The summed E-state index contributed by atoms with van der Waals surface area (Å²) in [6.07, 6.45) is 3.89. The Kier molecular flexibility index (Phi) is 3.92. The molecule has 0 bridgehead atoms. The Morgan fingerprint density at radius 1 is 1.43 bits per heavy atom. The lowest BCUT2D eigenvalue weighted by molar-refractivity contribution is 0.0699. The predicted octanol–water partition coefficient (Wildman–Crippen LogP) is 3.71. The molecule has 3 rings (SSSR count). The molecule has 0 atom stereocenters. The molecule has 21 heavy (non-hydrogen) atoms. The van der Waals surface area contributed by atoms with Crippen LogP contribution in [0.25, 0.3) is 0 Å². The van der Waals surface area contributed by atoms with Crippen molar-refractivity contribution >= 4 is 17.3 Å². The van der Waals surface area contributed by atoms with Gasteiger partial charge in [-0.3, -0.25) is 0 Å². The molecular weight excluding hydrogens is 286 g/mol. The summed E-state index contributed by atoms with van der Waals surface area (Å²) < 4.78 is 5.34. The van der Waals surface area contributed by atoms with E-state index in [9.17, 15) is 9.90 Å². The molecule has 1 N–H and O–H groups in total. The topological polar surface area (TPSA) is 59.4 Å². The Bertz CT molecular complexity index is 661. The molecule has 110 valence electrons. The molecule has 0 unspecified atom stereocenters. The zero-order valence-electron chi connectivity index (χ0n) is 11.8. The van der Waals surface area contributed by atoms with E-state index in [2.05, 4.69) is 4.98 Å². The van der Waals surface area contributed by atoms with Gasteiger partial charge in [-0.2, -0.15) is 0 Å². The molecule has 1 aromatic heterocycles. The van der Waals surface area contributed by atoms with E-state index in [0.717, 1.165) is 34.9 Å². The van der Waals surface area contributed by atoms with Crippen molar-refractivity contribution in [1.82, 2.24) is 4.98 Å². The summed E-state index contributed by atoms with van der Waals surface area (Å²) in [5.74, 6) is 0.286. The maximum Gasteiger partial charge on any atom is 0.347 e. The number of nitrogens with zero attached hydrogens (tertiary/aromatic N) is 1. The number of carboxylic acid groups (broad SMARTS) is 1. The largest absolute Gasteiger partial charge is 0.496 e. The summed E-state index contributed by atoms with van der Waals surface area (Å²) in [5.41, 5.74) is 1.81. The van der Waals surface area contributed by atoms with Crippen molar-refractivity contribution in [2.75, 3.05) is 7.11 Å². The maximum atomic E-state index is 11.4. The summed E-state index contributed by atoms with van der Waals surface area (Å²) in [6, 6.07) is 7.78. The summed E-state index contributed by atoms with van der Waals surface area (Å²) in [7, 11) is 1.64. The third kappa shape index (κ3) is 2.78. The van der Waals surface area contributed by atoms with Crippen molar-refractivity contribution in [1.29, 1.82) is 0 Å². The molecule has 0 saturated heterocycles. The number of aromatic nitrogens is 1. The Morgan fingerprint density at radius 2 is 2.19 bits per heavy atom.